The van der Waals surface area contributed by atoms with Gasteiger partial charge in [-0.2, -0.15) is 0 Å². The number of aromatic nitrogens is 3. The van der Waals surface area contributed by atoms with Gasteiger partial charge in [0.15, 0.2) is 5.82 Å². The van der Waals surface area contributed by atoms with E-state index in [4.69, 9.17) is 4.98 Å². The Morgan fingerprint density at radius 2 is 1.67 bits per heavy atom. The Hall–Kier alpha value is -1.04. The van der Waals surface area contributed by atoms with E-state index in [1.165, 1.54) is 38.8 Å². The summed E-state index contributed by atoms with van der Waals surface area (Å²) in [6, 6.07) is 2.04. The number of rotatable bonds is 2. The first kappa shape index (κ1) is 19.3. The zero-order chi connectivity index (χ0) is 14.9. The molecule has 0 amide bonds. The lowest BCUT2D eigenvalue weighted by atomic mass is 9.79. The van der Waals surface area contributed by atoms with Crippen LogP contribution >= 0.6 is 24.8 Å². The molecule has 2 saturated heterocycles. The van der Waals surface area contributed by atoms with Gasteiger partial charge in [-0.3, -0.25) is 0 Å². The number of nitrogens with zero attached hydrogens (tertiary/aromatic N) is 3. The molecule has 0 spiro atoms. The maximum Gasteiger partial charge on any atom is 0.156 e. The Bertz CT molecular complexity index is 645. The van der Waals surface area contributed by atoms with Gasteiger partial charge in [-0.05, 0) is 63.6 Å². The van der Waals surface area contributed by atoms with Crippen molar-refractivity contribution < 1.29 is 0 Å². The fourth-order valence-corrected chi connectivity index (χ4v) is 4.17. The number of nitrogens with one attached hydrogen (secondary N) is 2. The third-order valence-electron chi connectivity index (χ3n) is 5.39. The number of H-pyrrole nitrogens is 1. The zero-order valence-corrected chi connectivity index (χ0v) is 15.8. The number of fused-ring (bicyclic) bond motifs is 1. The van der Waals surface area contributed by atoms with Gasteiger partial charge in [-0.15, -0.1) is 24.8 Å². The Morgan fingerprint density at radius 3 is 2.38 bits per heavy atom. The van der Waals surface area contributed by atoms with Crippen LogP contribution in [-0.4, -0.2) is 41.1 Å². The molecule has 7 heteroatoms. The van der Waals surface area contributed by atoms with Crippen molar-refractivity contribution in [2.75, 3.05) is 31.1 Å². The molecule has 0 radical (unpaired) electrons. The molecule has 0 aromatic carbocycles. The Kier molecular flexibility index (Phi) is 6.72. The summed E-state index contributed by atoms with van der Waals surface area (Å²) < 4.78 is 0. The number of aromatic amines is 1. The minimum atomic E-state index is 0. The monoisotopic (exact) mass is 371 g/mol. The predicted molar refractivity (Wildman–Crippen MR) is 104 cm³/mol. The first-order valence-corrected chi connectivity index (χ1v) is 8.58. The molecule has 134 valence electrons. The molecule has 2 N–H and O–H groups in total. The summed E-state index contributed by atoms with van der Waals surface area (Å²) in [6.07, 6.45) is 7.28. The third-order valence-corrected chi connectivity index (χ3v) is 5.39. The van der Waals surface area contributed by atoms with Crippen molar-refractivity contribution >= 4 is 41.7 Å². The van der Waals surface area contributed by atoms with E-state index in [1.54, 1.807) is 0 Å². The fourth-order valence-electron chi connectivity index (χ4n) is 4.17. The summed E-state index contributed by atoms with van der Waals surface area (Å²) >= 11 is 0. The molecule has 0 unspecified atom stereocenters. The van der Waals surface area contributed by atoms with Gasteiger partial charge >= 0.3 is 0 Å². The van der Waals surface area contributed by atoms with Gasteiger partial charge < -0.3 is 15.2 Å². The molecular formula is C17H27Cl2N5. The van der Waals surface area contributed by atoms with Gasteiger partial charge in [0.2, 0.25) is 0 Å². The van der Waals surface area contributed by atoms with Gasteiger partial charge in [-0.25, -0.2) is 9.97 Å². The lowest BCUT2D eigenvalue weighted by Crippen LogP contribution is -2.39. The topological polar surface area (TPSA) is 56.8 Å². The molecule has 5 nitrogen and oxygen atoms in total. The normalized spacial score (nSPS) is 19.8. The molecule has 0 bridgehead atoms. The van der Waals surface area contributed by atoms with Crippen LogP contribution in [0.25, 0.3) is 11.0 Å². The van der Waals surface area contributed by atoms with Crippen LogP contribution in [0.15, 0.2) is 12.3 Å². The first-order valence-electron chi connectivity index (χ1n) is 8.58. The second-order valence-electron chi connectivity index (χ2n) is 6.74. The van der Waals surface area contributed by atoms with E-state index >= 15 is 0 Å². The number of hydrogen-bond acceptors (Lipinski definition) is 4. The Balaban J connectivity index is 0.00000104. The van der Waals surface area contributed by atoms with E-state index < -0.39 is 0 Å². The van der Waals surface area contributed by atoms with E-state index in [0.29, 0.717) is 0 Å². The summed E-state index contributed by atoms with van der Waals surface area (Å²) in [5.41, 5.74) is 2.12. The molecule has 2 aliphatic rings. The molecule has 2 aromatic heterocycles. The number of hydrogen-bond donors (Lipinski definition) is 2. The second kappa shape index (κ2) is 8.37. The second-order valence-corrected chi connectivity index (χ2v) is 6.74. The highest BCUT2D eigenvalue weighted by atomic mass is 35.5. The lowest BCUT2D eigenvalue weighted by Gasteiger charge is -2.38. The molecule has 2 aromatic rings. The maximum absolute atomic E-state index is 4.71. The van der Waals surface area contributed by atoms with Crippen LogP contribution in [0, 0.1) is 18.8 Å². The molecule has 24 heavy (non-hydrogen) atoms. The standard InChI is InChI=1S/C17H25N5.2ClH/c1-12-20-15-4-9-19-16(15)17(21-12)22-10-5-14(6-11-22)13-2-7-18-8-3-13;;/h4,9,13-14,18-19H,2-3,5-8,10-11H2,1H3;2*1H. The van der Waals surface area contributed by atoms with Crippen molar-refractivity contribution in [1.82, 2.24) is 20.3 Å². The lowest BCUT2D eigenvalue weighted by molar-refractivity contribution is 0.222. The summed E-state index contributed by atoms with van der Waals surface area (Å²) in [6.45, 7) is 6.65. The van der Waals surface area contributed by atoms with Crippen molar-refractivity contribution in [3.63, 3.8) is 0 Å². The van der Waals surface area contributed by atoms with Crippen LogP contribution in [0.5, 0.6) is 0 Å². The van der Waals surface area contributed by atoms with E-state index in [-0.39, 0.29) is 24.8 Å². The van der Waals surface area contributed by atoms with Crippen LogP contribution in [0.1, 0.15) is 31.5 Å². The molecular weight excluding hydrogens is 345 g/mol. The van der Waals surface area contributed by atoms with Crippen LogP contribution in [0.3, 0.4) is 0 Å². The highest BCUT2D eigenvalue weighted by Gasteiger charge is 2.28. The van der Waals surface area contributed by atoms with Gasteiger partial charge in [0.05, 0.1) is 5.52 Å². The molecule has 0 atom stereocenters. The molecule has 0 saturated carbocycles. The maximum atomic E-state index is 4.71. The van der Waals surface area contributed by atoms with Gasteiger partial charge in [0.25, 0.3) is 0 Å². The van der Waals surface area contributed by atoms with E-state index in [1.807, 2.05) is 19.2 Å². The summed E-state index contributed by atoms with van der Waals surface area (Å²) in [5, 5.41) is 3.48. The van der Waals surface area contributed by atoms with Crippen LogP contribution < -0.4 is 10.2 Å². The van der Waals surface area contributed by atoms with Crippen molar-refractivity contribution in [2.45, 2.75) is 32.6 Å². The molecule has 2 aliphatic heterocycles. The molecule has 4 rings (SSSR count). The third kappa shape index (κ3) is 3.79. The van der Waals surface area contributed by atoms with E-state index in [2.05, 4.69) is 20.2 Å². The number of aryl methyl sites for hydroxylation is 1. The smallest absolute Gasteiger partial charge is 0.156 e. The first-order chi connectivity index (χ1) is 10.8. The van der Waals surface area contributed by atoms with Gasteiger partial charge in [0, 0.05) is 19.3 Å². The van der Waals surface area contributed by atoms with E-state index in [0.717, 1.165) is 47.6 Å². The average molecular weight is 372 g/mol. The Labute approximate surface area is 155 Å². The highest BCUT2D eigenvalue weighted by molar-refractivity contribution is 5.86. The number of halogens is 2. The summed E-state index contributed by atoms with van der Waals surface area (Å²) in [4.78, 5) is 15.0. The predicted octanol–water partition coefficient (Wildman–Crippen LogP) is 3.33. The summed E-state index contributed by atoms with van der Waals surface area (Å²) in [5.74, 6) is 3.79. The minimum Gasteiger partial charge on any atom is -0.357 e. The fraction of sp³-hybridized carbons (Fsp3) is 0.647. The number of anilines is 1. The van der Waals surface area contributed by atoms with Crippen molar-refractivity contribution in [1.29, 1.82) is 0 Å². The molecule has 4 heterocycles. The summed E-state index contributed by atoms with van der Waals surface area (Å²) in [7, 11) is 0. The van der Waals surface area contributed by atoms with Crippen LogP contribution in [0.4, 0.5) is 5.82 Å². The van der Waals surface area contributed by atoms with Crippen molar-refractivity contribution in [3.8, 4) is 0 Å². The van der Waals surface area contributed by atoms with Crippen LogP contribution in [0.2, 0.25) is 0 Å². The SMILES string of the molecule is Cc1nc(N2CCC(C3CCNCC3)CC2)c2[nH]ccc2n1.Cl.Cl. The number of piperidine rings is 2. The van der Waals surface area contributed by atoms with Crippen LogP contribution in [-0.2, 0) is 0 Å². The van der Waals surface area contributed by atoms with Crippen molar-refractivity contribution in [2.24, 2.45) is 11.8 Å². The highest BCUT2D eigenvalue weighted by Crippen LogP contribution is 2.33. The quantitative estimate of drug-likeness (QED) is 0.849. The molecule has 2 fully saturated rings. The van der Waals surface area contributed by atoms with Gasteiger partial charge in [-0.1, -0.05) is 0 Å². The van der Waals surface area contributed by atoms with Crippen molar-refractivity contribution in [3.05, 3.63) is 18.1 Å². The zero-order valence-electron chi connectivity index (χ0n) is 14.1. The Morgan fingerprint density at radius 1 is 1.00 bits per heavy atom. The average Bonchev–Trinajstić information content (AvgIpc) is 3.03. The largest absolute Gasteiger partial charge is 0.357 e. The van der Waals surface area contributed by atoms with E-state index in [9.17, 15) is 0 Å². The molecule has 0 aliphatic carbocycles. The van der Waals surface area contributed by atoms with Gasteiger partial charge in [0.1, 0.15) is 11.3 Å². The minimum absolute atomic E-state index is 0.